The Morgan fingerprint density at radius 3 is 2.71 bits per heavy atom. The number of thiazole rings is 1. The molecule has 0 bridgehead atoms. The van der Waals surface area contributed by atoms with Crippen molar-refractivity contribution in [3.05, 3.63) is 34.0 Å². The highest BCUT2D eigenvalue weighted by molar-refractivity contribution is 7.11. The van der Waals surface area contributed by atoms with Crippen molar-refractivity contribution in [3.63, 3.8) is 0 Å². The molecule has 2 rings (SSSR count). The van der Waals surface area contributed by atoms with E-state index < -0.39 is 0 Å². The lowest BCUT2D eigenvalue weighted by Gasteiger charge is -2.01. The summed E-state index contributed by atoms with van der Waals surface area (Å²) >= 11 is 1.78. The van der Waals surface area contributed by atoms with E-state index in [2.05, 4.69) is 34.1 Å². The van der Waals surface area contributed by atoms with Crippen molar-refractivity contribution in [1.29, 1.82) is 0 Å². The molecule has 2 aromatic rings. The number of aryl methyl sites for hydroxylation is 2. The second-order valence-electron chi connectivity index (χ2n) is 3.71. The molecule has 90 valence electrons. The monoisotopic (exact) mass is 248 g/mol. The van der Waals surface area contributed by atoms with Crippen LogP contribution in [0.3, 0.4) is 0 Å². The van der Waals surface area contributed by atoms with Crippen molar-refractivity contribution in [2.45, 2.75) is 26.7 Å². The maximum absolute atomic E-state index is 4.60. The lowest BCUT2D eigenvalue weighted by Crippen LogP contribution is -2.07. The van der Waals surface area contributed by atoms with E-state index >= 15 is 0 Å². The Kier molecular flexibility index (Phi) is 4.03. The van der Waals surface area contributed by atoms with Crippen LogP contribution < -0.4 is 5.32 Å². The number of nitrogens with one attached hydrogen (secondary N) is 1. The number of hydrogen-bond donors (Lipinski definition) is 1. The molecule has 2 aromatic heterocycles. The van der Waals surface area contributed by atoms with Crippen molar-refractivity contribution in [2.75, 3.05) is 11.9 Å². The first-order valence-corrected chi connectivity index (χ1v) is 6.57. The summed E-state index contributed by atoms with van der Waals surface area (Å²) < 4.78 is 0. The number of hydrogen-bond acceptors (Lipinski definition) is 5. The van der Waals surface area contributed by atoms with Crippen LogP contribution in [0.4, 0.5) is 5.95 Å². The fourth-order valence-corrected chi connectivity index (χ4v) is 2.62. The molecule has 0 aliphatic carbocycles. The third kappa shape index (κ3) is 3.23. The van der Waals surface area contributed by atoms with Gasteiger partial charge in [0.1, 0.15) is 0 Å². The third-order valence-electron chi connectivity index (χ3n) is 2.46. The molecule has 0 aliphatic rings. The molecule has 4 nitrogen and oxygen atoms in total. The van der Waals surface area contributed by atoms with Crippen LogP contribution in [0.2, 0.25) is 0 Å². The van der Waals surface area contributed by atoms with E-state index in [1.165, 1.54) is 15.6 Å². The Balaban J connectivity index is 1.86. The van der Waals surface area contributed by atoms with Gasteiger partial charge < -0.3 is 5.32 Å². The van der Waals surface area contributed by atoms with Crippen molar-refractivity contribution in [3.8, 4) is 0 Å². The highest BCUT2D eigenvalue weighted by atomic mass is 32.1. The third-order valence-corrected chi connectivity index (χ3v) is 3.53. The summed E-state index contributed by atoms with van der Waals surface area (Å²) in [6.45, 7) is 5.09. The maximum Gasteiger partial charge on any atom is 0.222 e. The highest BCUT2D eigenvalue weighted by Crippen LogP contribution is 2.18. The van der Waals surface area contributed by atoms with Gasteiger partial charge >= 0.3 is 0 Å². The number of rotatable bonds is 5. The number of aromatic nitrogens is 3. The average molecular weight is 248 g/mol. The van der Waals surface area contributed by atoms with Gasteiger partial charge in [-0.15, -0.1) is 11.3 Å². The van der Waals surface area contributed by atoms with Crippen LogP contribution in [0.5, 0.6) is 0 Å². The molecular weight excluding hydrogens is 232 g/mol. The zero-order valence-electron chi connectivity index (χ0n) is 10.1. The smallest absolute Gasteiger partial charge is 0.222 e. The highest BCUT2D eigenvalue weighted by Gasteiger charge is 2.05. The molecule has 2 heterocycles. The first-order chi connectivity index (χ1) is 8.29. The molecule has 0 saturated carbocycles. The van der Waals surface area contributed by atoms with Gasteiger partial charge in [0.05, 0.1) is 10.7 Å². The Labute approximate surface area is 105 Å². The van der Waals surface area contributed by atoms with Gasteiger partial charge in [-0.25, -0.2) is 15.0 Å². The van der Waals surface area contributed by atoms with Crippen molar-refractivity contribution < 1.29 is 0 Å². The lowest BCUT2D eigenvalue weighted by molar-refractivity contribution is 0.941. The molecule has 0 unspecified atom stereocenters. The molecule has 0 radical (unpaired) electrons. The summed E-state index contributed by atoms with van der Waals surface area (Å²) in [5.74, 6) is 0.677. The van der Waals surface area contributed by atoms with Gasteiger partial charge in [-0.2, -0.15) is 0 Å². The van der Waals surface area contributed by atoms with E-state index in [0.29, 0.717) is 5.95 Å². The lowest BCUT2D eigenvalue weighted by atomic mass is 10.3. The van der Waals surface area contributed by atoms with Crippen LogP contribution >= 0.6 is 11.3 Å². The van der Waals surface area contributed by atoms with E-state index in [1.54, 1.807) is 23.7 Å². The summed E-state index contributed by atoms with van der Waals surface area (Å²) in [7, 11) is 0. The summed E-state index contributed by atoms with van der Waals surface area (Å²) in [4.78, 5) is 14.1. The topological polar surface area (TPSA) is 50.7 Å². The summed E-state index contributed by atoms with van der Waals surface area (Å²) in [5.41, 5.74) is 1.22. The van der Waals surface area contributed by atoms with Crippen LogP contribution in [0.1, 0.15) is 22.5 Å². The second-order valence-corrected chi connectivity index (χ2v) is 5.00. The summed E-state index contributed by atoms with van der Waals surface area (Å²) in [6.07, 6.45) is 5.40. The van der Waals surface area contributed by atoms with Gasteiger partial charge in [0.2, 0.25) is 5.95 Å². The van der Waals surface area contributed by atoms with Crippen LogP contribution in [0.15, 0.2) is 18.5 Å². The minimum absolute atomic E-state index is 0.677. The van der Waals surface area contributed by atoms with Gasteiger partial charge in [-0.1, -0.05) is 6.92 Å². The Morgan fingerprint density at radius 2 is 2.06 bits per heavy atom. The molecule has 1 N–H and O–H groups in total. The van der Waals surface area contributed by atoms with E-state index in [4.69, 9.17) is 0 Å². The van der Waals surface area contributed by atoms with Crippen LogP contribution in [-0.4, -0.2) is 21.5 Å². The van der Waals surface area contributed by atoms with Gasteiger partial charge in [-0.05, 0) is 19.4 Å². The molecule has 0 fully saturated rings. The second kappa shape index (κ2) is 5.72. The fourth-order valence-electron chi connectivity index (χ4n) is 1.59. The largest absolute Gasteiger partial charge is 0.354 e. The van der Waals surface area contributed by atoms with E-state index in [1.807, 2.05) is 6.07 Å². The molecule has 0 spiro atoms. The molecule has 17 heavy (non-hydrogen) atoms. The normalized spacial score (nSPS) is 10.5. The minimum atomic E-state index is 0.677. The van der Waals surface area contributed by atoms with E-state index in [0.717, 1.165) is 19.4 Å². The van der Waals surface area contributed by atoms with Gasteiger partial charge in [0.15, 0.2) is 0 Å². The van der Waals surface area contributed by atoms with E-state index in [-0.39, 0.29) is 0 Å². The Bertz CT molecular complexity index is 467. The molecule has 0 saturated heterocycles. The maximum atomic E-state index is 4.60. The Hall–Kier alpha value is -1.49. The molecule has 0 atom stereocenters. The molecule has 0 aromatic carbocycles. The van der Waals surface area contributed by atoms with Crippen LogP contribution in [0.25, 0.3) is 0 Å². The molecule has 0 amide bonds. The molecular formula is C12H16N4S. The summed E-state index contributed by atoms with van der Waals surface area (Å²) in [5, 5.41) is 4.37. The van der Waals surface area contributed by atoms with Gasteiger partial charge in [-0.3, -0.25) is 0 Å². The standard InChI is InChI=1S/C12H16N4S/c1-3-10-9(2)17-11(16-10)5-8-15-12-13-6-4-7-14-12/h4,6-7H,3,5,8H2,1-2H3,(H,13,14,15). The first kappa shape index (κ1) is 12.0. The molecule has 0 aliphatic heterocycles. The van der Waals surface area contributed by atoms with Gasteiger partial charge in [0.25, 0.3) is 0 Å². The predicted molar refractivity (Wildman–Crippen MR) is 70.5 cm³/mol. The average Bonchev–Trinajstić information content (AvgIpc) is 2.71. The zero-order valence-corrected chi connectivity index (χ0v) is 10.9. The van der Waals surface area contributed by atoms with E-state index in [9.17, 15) is 0 Å². The van der Waals surface area contributed by atoms with Gasteiger partial charge in [0, 0.05) is 30.2 Å². The number of nitrogens with zero attached hydrogens (tertiary/aromatic N) is 3. The minimum Gasteiger partial charge on any atom is -0.354 e. The van der Waals surface area contributed by atoms with Crippen molar-refractivity contribution >= 4 is 17.3 Å². The number of anilines is 1. The van der Waals surface area contributed by atoms with Crippen molar-refractivity contribution in [1.82, 2.24) is 15.0 Å². The zero-order chi connectivity index (χ0) is 12.1. The summed E-state index contributed by atoms with van der Waals surface area (Å²) in [6, 6.07) is 1.81. The predicted octanol–water partition coefficient (Wildman–Crippen LogP) is 2.46. The van der Waals surface area contributed by atoms with Crippen molar-refractivity contribution in [2.24, 2.45) is 0 Å². The fraction of sp³-hybridized carbons (Fsp3) is 0.417. The van der Waals surface area contributed by atoms with Crippen LogP contribution in [-0.2, 0) is 12.8 Å². The quantitative estimate of drug-likeness (QED) is 0.883. The Morgan fingerprint density at radius 1 is 1.29 bits per heavy atom. The molecule has 5 heteroatoms. The first-order valence-electron chi connectivity index (χ1n) is 5.75. The SMILES string of the molecule is CCc1nc(CCNc2ncccn2)sc1C. The van der Waals surface area contributed by atoms with Crippen LogP contribution in [0, 0.1) is 6.92 Å².